The predicted octanol–water partition coefficient (Wildman–Crippen LogP) is 7.16. The molecule has 0 heterocycles. The molecule has 32 heavy (non-hydrogen) atoms. The summed E-state index contributed by atoms with van der Waals surface area (Å²) in [5.41, 5.74) is 1.30. The van der Waals surface area contributed by atoms with E-state index in [9.17, 15) is 4.79 Å². The third kappa shape index (κ3) is 18.2. The molecule has 0 unspecified atom stereocenters. The van der Waals surface area contributed by atoms with Crippen molar-refractivity contribution in [3.8, 4) is 0 Å². The van der Waals surface area contributed by atoms with Crippen molar-refractivity contribution in [2.75, 3.05) is 33.4 Å². The van der Waals surface area contributed by atoms with Crippen LogP contribution in [0, 0.1) is 0 Å². The zero-order valence-electron chi connectivity index (χ0n) is 21.0. The summed E-state index contributed by atoms with van der Waals surface area (Å²) in [5, 5.41) is 0. The second-order valence-corrected chi connectivity index (χ2v) is 9.05. The Hall–Kier alpha value is -1.39. The van der Waals surface area contributed by atoms with Crippen molar-refractivity contribution >= 4 is 5.97 Å². The Morgan fingerprint density at radius 1 is 0.750 bits per heavy atom. The number of esters is 1. The monoisotopic (exact) mass is 447 g/mol. The molecular weight excluding hydrogens is 398 g/mol. The van der Waals surface area contributed by atoms with E-state index in [-0.39, 0.29) is 5.97 Å². The van der Waals surface area contributed by atoms with Gasteiger partial charge in [-0.15, -0.1) is 0 Å². The van der Waals surface area contributed by atoms with Crippen molar-refractivity contribution < 1.29 is 14.3 Å². The number of ether oxygens (including phenoxy) is 2. The highest BCUT2D eigenvalue weighted by Crippen LogP contribution is 2.13. The number of likely N-dealkylation sites (N-methyl/N-ethyl adjacent to an activating group) is 1. The average molecular weight is 448 g/mol. The summed E-state index contributed by atoms with van der Waals surface area (Å²) >= 11 is 0. The van der Waals surface area contributed by atoms with Crippen LogP contribution in [0.2, 0.25) is 0 Å². The Morgan fingerprint density at radius 3 is 1.91 bits per heavy atom. The first-order chi connectivity index (χ1) is 15.7. The van der Waals surface area contributed by atoms with E-state index in [1.165, 1.54) is 76.2 Å². The number of hydrogen-bond acceptors (Lipinski definition) is 4. The van der Waals surface area contributed by atoms with Gasteiger partial charge in [-0.1, -0.05) is 114 Å². The third-order valence-electron chi connectivity index (χ3n) is 5.89. The molecule has 0 N–H and O–H groups in total. The van der Waals surface area contributed by atoms with Crippen molar-refractivity contribution in [3.63, 3.8) is 0 Å². The molecule has 4 heteroatoms. The molecule has 1 aromatic carbocycles. The van der Waals surface area contributed by atoms with Crippen LogP contribution in [0.3, 0.4) is 0 Å². The molecule has 0 aliphatic heterocycles. The molecule has 1 aromatic rings. The van der Waals surface area contributed by atoms with Crippen LogP contribution >= 0.6 is 0 Å². The van der Waals surface area contributed by atoms with E-state index in [0.717, 1.165) is 25.9 Å². The third-order valence-corrected chi connectivity index (χ3v) is 5.89. The molecule has 0 saturated carbocycles. The minimum absolute atomic E-state index is 0.0853. The van der Waals surface area contributed by atoms with Crippen LogP contribution in [0.25, 0.3) is 0 Å². The van der Waals surface area contributed by atoms with E-state index in [2.05, 4.69) is 43.1 Å². The van der Waals surface area contributed by atoms with Crippen LogP contribution in [-0.4, -0.2) is 44.3 Å². The van der Waals surface area contributed by atoms with Crippen LogP contribution in [-0.2, 0) is 20.8 Å². The summed E-state index contributed by atoms with van der Waals surface area (Å²) in [5.74, 6) is -0.0853. The first-order valence-corrected chi connectivity index (χ1v) is 13.2. The second-order valence-electron chi connectivity index (χ2n) is 9.05. The predicted molar refractivity (Wildman–Crippen MR) is 135 cm³/mol. The van der Waals surface area contributed by atoms with Crippen LogP contribution in [0.4, 0.5) is 0 Å². The number of hydrogen-bond donors (Lipinski definition) is 0. The van der Waals surface area contributed by atoms with Gasteiger partial charge in [0, 0.05) is 19.5 Å². The number of rotatable bonds is 22. The fraction of sp³-hybridized carbons (Fsp3) is 0.750. The minimum Gasteiger partial charge on any atom is -0.463 e. The van der Waals surface area contributed by atoms with Gasteiger partial charge in [0.15, 0.2) is 0 Å². The zero-order valence-corrected chi connectivity index (χ0v) is 21.0. The molecule has 0 radical (unpaired) electrons. The molecule has 1 rings (SSSR count). The lowest BCUT2D eigenvalue weighted by Crippen LogP contribution is -2.23. The first-order valence-electron chi connectivity index (χ1n) is 13.2. The van der Waals surface area contributed by atoms with Crippen LogP contribution < -0.4 is 0 Å². The van der Waals surface area contributed by atoms with Gasteiger partial charge in [-0.25, -0.2) is 0 Å². The average Bonchev–Trinajstić information content (AvgIpc) is 2.80. The fourth-order valence-electron chi connectivity index (χ4n) is 3.87. The summed E-state index contributed by atoms with van der Waals surface area (Å²) in [6.07, 6.45) is 17.7. The van der Waals surface area contributed by atoms with Crippen LogP contribution in [0.15, 0.2) is 30.3 Å². The molecular formula is C28H49NO3. The molecule has 184 valence electrons. The molecule has 0 bridgehead atoms. The highest BCUT2D eigenvalue weighted by Gasteiger charge is 2.03. The maximum absolute atomic E-state index is 11.8. The lowest BCUT2D eigenvalue weighted by atomic mass is 10.0. The largest absolute Gasteiger partial charge is 0.463 e. The van der Waals surface area contributed by atoms with Crippen molar-refractivity contribution in [3.05, 3.63) is 35.9 Å². The van der Waals surface area contributed by atoms with Crippen LogP contribution in [0.1, 0.15) is 102 Å². The Morgan fingerprint density at radius 2 is 1.31 bits per heavy atom. The Kier molecular flexibility index (Phi) is 19.2. The smallest absolute Gasteiger partial charge is 0.305 e. The summed E-state index contributed by atoms with van der Waals surface area (Å²) < 4.78 is 10.9. The molecule has 0 aliphatic rings. The molecule has 0 atom stereocenters. The van der Waals surface area contributed by atoms with Gasteiger partial charge in [0.05, 0.1) is 13.2 Å². The lowest BCUT2D eigenvalue weighted by Gasteiger charge is -2.16. The molecule has 0 spiro atoms. The molecule has 0 aromatic heterocycles. The van der Waals surface area contributed by atoms with Crippen LogP contribution in [0.5, 0.6) is 0 Å². The van der Waals surface area contributed by atoms with E-state index >= 15 is 0 Å². The van der Waals surface area contributed by atoms with Gasteiger partial charge in [0.25, 0.3) is 0 Å². The zero-order chi connectivity index (χ0) is 23.1. The summed E-state index contributed by atoms with van der Waals surface area (Å²) in [4.78, 5) is 14.0. The van der Waals surface area contributed by atoms with E-state index in [4.69, 9.17) is 9.47 Å². The van der Waals surface area contributed by atoms with Crippen molar-refractivity contribution in [2.24, 2.45) is 0 Å². The maximum Gasteiger partial charge on any atom is 0.305 e. The minimum atomic E-state index is -0.0853. The molecule has 0 fully saturated rings. The Balaban J connectivity index is 1.79. The van der Waals surface area contributed by atoms with Gasteiger partial charge in [-0.2, -0.15) is 0 Å². The molecule has 0 amide bonds. The number of unbranched alkanes of at least 4 members (excludes halogenated alkanes) is 12. The highest BCUT2D eigenvalue weighted by molar-refractivity contribution is 5.69. The van der Waals surface area contributed by atoms with E-state index in [1.54, 1.807) is 0 Å². The van der Waals surface area contributed by atoms with Crippen molar-refractivity contribution in [2.45, 2.75) is 103 Å². The summed E-state index contributed by atoms with van der Waals surface area (Å²) in [7, 11) is 2.09. The van der Waals surface area contributed by atoms with E-state index in [1.807, 2.05) is 6.07 Å². The van der Waals surface area contributed by atoms with Crippen molar-refractivity contribution in [1.29, 1.82) is 0 Å². The van der Waals surface area contributed by atoms with Gasteiger partial charge in [0.1, 0.15) is 6.61 Å². The van der Waals surface area contributed by atoms with Gasteiger partial charge < -0.3 is 9.47 Å². The molecule has 0 saturated heterocycles. The molecule has 4 nitrogen and oxygen atoms in total. The maximum atomic E-state index is 11.8. The summed E-state index contributed by atoms with van der Waals surface area (Å²) in [6.45, 7) is 5.54. The quantitative estimate of drug-likeness (QED) is 0.140. The van der Waals surface area contributed by atoms with E-state index < -0.39 is 0 Å². The summed E-state index contributed by atoms with van der Waals surface area (Å²) in [6, 6.07) is 10.4. The fourth-order valence-corrected chi connectivity index (χ4v) is 3.87. The number of nitrogens with zero attached hydrogens (tertiary/aromatic N) is 1. The topological polar surface area (TPSA) is 38.8 Å². The van der Waals surface area contributed by atoms with Crippen molar-refractivity contribution in [1.82, 2.24) is 4.90 Å². The number of carbonyl (C=O) groups is 1. The highest BCUT2D eigenvalue weighted by atomic mass is 16.6. The lowest BCUT2D eigenvalue weighted by molar-refractivity contribution is -0.145. The second kappa shape index (κ2) is 21.5. The SMILES string of the molecule is CCCCCCCCCCCCCCCC(=O)OCCOCCN(C)Cc1ccccc1. The Labute approximate surface area is 198 Å². The van der Waals surface area contributed by atoms with Gasteiger partial charge in [-0.3, -0.25) is 9.69 Å². The normalized spacial score (nSPS) is 11.2. The number of benzene rings is 1. The van der Waals surface area contributed by atoms with Gasteiger partial charge >= 0.3 is 5.97 Å². The molecule has 0 aliphatic carbocycles. The number of carbonyl (C=O) groups excluding carboxylic acids is 1. The Bertz CT molecular complexity index is 535. The first kappa shape index (κ1) is 28.6. The van der Waals surface area contributed by atoms with E-state index in [0.29, 0.717) is 26.2 Å². The van der Waals surface area contributed by atoms with Gasteiger partial charge in [0.2, 0.25) is 0 Å². The standard InChI is InChI=1S/C28H49NO3/c1-3-4-5-6-7-8-9-10-11-12-13-14-18-21-28(30)32-25-24-31-23-22-29(2)26-27-19-16-15-17-20-27/h15-17,19-20H,3-14,18,21-26H2,1-2H3. The van der Waals surface area contributed by atoms with Gasteiger partial charge in [-0.05, 0) is 19.0 Å².